The summed E-state index contributed by atoms with van der Waals surface area (Å²) in [6.07, 6.45) is 0.893. The Morgan fingerprint density at radius 2 is 1.89 bits per heavy atom. The topological polar surface area (TPSA) is 61.3 Å². The number of rotatable bonds is 5. The van der Waals surface area contributed by atoms with Crippen LogP contribution < -0.4 is 16.2 Å². The smallest absolute Gasteiger partial charge is 0.124 e. The Balaban J connectivity index is 3.23. The highest BCUT2D eigenvalue weighted by Gasteiger charge is 2.30. The van der Waals surface area contributed by atoms with Crippen LogP contribution in [0.3, 0.4) is 0 Å². The van der Waals surface area contributed by atoms with E-state index in [0.717, 1.165) is 17.7 Å². The standard InChI is InChI=1S/C15H26N2O/c1-10-8-11(2)13(12(9-10)18-5)14(17)15(3,4)6-7-16/h8-9,14H,6-7,16-17H2,1-5H3. The van der Waals surface area contributed by atoms with Gasteiger partial charge in [0.05, 0.1) is 7.11 Å². The highest BCUT2D eigenvalue weighted by molar-refractivity contribution is 5.45. The molecule has 0 saturated carbocycles. The molecular formula is C15H26N2O. The van der Waals surface area contributed by atoms with Crippen LogP contribution in [0.5, 0.6) is 5.75 Å². The Morgan fingerprint density at radius 3 is 2.39 bits per heavy atom. The lowest BCUT2D eigenvalue weighted by Crippen LogP contribution is -2.32. The van der Waals surface area contributed by atoms with Gasteiger partial charge in [-0.2, -0.15) is 0 Å². The zero-order valence-corrected chi connectivity index (χ0v) is 12.2. The number of nitrogens with two attached hydrogens (primary N) is 2. The van der Waals surface area contributed by atoms with Crippen molar-refractivity contribution in [2.75, 3.05) is 13.7 Å². The van der Waals surface area contributed by atoms with Gasteiger partial charge in [-0.25, -0.2) is 0 Å². The number of benzene rings is 1. The highest BCUT2D eigenvalue weighted by Crippen LogP contribution is 2.40. The van der Waals surface area contributed by atoms with Crippen molar-refractivity contribution in [2.24, 2.45) is 16.9 Å². The van der Waals surface area contributed by atoms with Gasteiger partial charge in [-0.3, -0.25) is 0 Å². The van der Waals surface area contributed by atoms with E-state index in [0.29, 0.717) is 6.54 Å². The quantitative estimate of drug-likeness (QED) is 0.844. The Kier molecular flexibility index (Phi) is 4.77. The lowest BCUT2D eigenvalue weighted by atomic mass is 9.76. The summed E-state index contributed by atoms with van der Waals surface area (Å²) in [4.78, 5) is 0. The summed E-state index contributed by atoms with van der Waals surface area (Å²) < 4.78 is 5.49. The van der Waals surface area contributed by atoms with Crippen LogP contribution in [-0.2, 0) is 0 Å². The molecule has 3 nitrogen and oxygen atoms in total. The molecule has 1 rings (SSSR count). The molecule has 0 bridgehead atoms. The van der Waals surface area contributed by atoms with Crippen LogP contribution in [0.1, 0.15) is 43.0 Å². The van der Waals surface area contributed by atoms with Crippen molar-refractivity contribution in [3.8, 4) is 5.75 Å². The monoisotopic (exact) mass is 250 g/mol. The summed E-state index contributed by atoms with van der Waals surface area (Å²) in [5, 5.41) is 0. The summed E-state index contributed by atoms with van der Waals surface area (Å²) >= 11 is 0. The molecule has 1 aromatic rings. The second kappa shape index (κ2) is 5.72. The molecule has 1 unspecified atom stereocenters. The minimum atomic E-state index is -0.0726. The largest absolute Gasteiger partial charge is 0.496 e. The van der Waals surface area contributed by atoms with Crippen LogP contribution >= 0.6 is 0 Å². The van der Waals surface area contributed by atoms with Crippen LogP contribution in [0.15, 0.2) is 12.1 Å². The third-order valence-electron chi connectivity index (χ3n) is 3.65. The van der Waals surface area contributed by atoms with E-state index in [4.69, 9.17) is 16.2 Å². The van der Waals surface area contributed by atoms with Gasteiger partial charge in [0.2, 0.25) is 0 Å². The normalized spacial score (nSPS) is 13.5. The zero-order chi connectivity index (χ0) is 13.9. The first-order valence-corrected chi connectivity index (χ1v) is 6.44. The van der Waals surface area contributed by atoms with Crippen molar-refractivity contribution in [2.45, 2.75) is 40.2 Å². The second-order valence-corrected chi connectivity index (χ2v) is 5.70. The van der Waals surface area contributed by atoms with Gasteiger partial charge >= 0.3 is 0 Å². The molecule has 1 aromatic carbocycles. The molecule has 0 heterocycles. The lowest BCUT2D eigenvalue weighted by molar-refractivity contribution is 0.263. The Labute approximate surface area is 111 Å². The molecule has 18 heavy (non-hydrogen) atoms. The van der Waals surface area contributed by atoms with Crippen molar-refractivity contribution in [1.82, 2.24) is 0 Å². The SMILES string of the molecule is COc1cc(C)cc(C)c1C(N)C(C)(C)CCN. The molecule has 0 amide bonds. The van der Waals surface area contributed by atoms with Gasteiger partial charge in [0, 0.05) is 11.6 Å². The first kappa shape index (κ1) is 15.0. The zero-order valence-electron chi connectivity index (χ0n) is 12.2. The van der Waals surface area contributed by atoms with Crippen LogP contribution in [0.25, 0.3) is 0 Å². The summed E-state index contributed by atoms with van der Waals surface area (Å²) in [7, 11) is 1.69. The number of ether oxygens (including phenoxy) is 1. The number of aryl methyl sites for hydroxylation is 2. The Morgan fingerprint density at radius 1 is 1.28 bits per heavy atom. The fourth-order valence-corrected chi connectivity index (χ4v) is 2.43. The summed E-state index contributed by atoms with van der Waals surface area (Å²) in [6.45, 7) is 9.11. The number of hydrogen-bond donors (Lipinski definition) is 2. The van der Waals surface area contributed by atoms with Crippen LogP contribution in [0.4, 0.5) is 0 Å². The van der Waals surface area contributed by atoms with E-state index in [1.807, 2.05) is 6.07 Å². The van der Waals surface area contributed by atoms with E-state index in [1.54, 1.807) is 7.11 Å². The average Bonchev–Trinajstić information content (AvgIpc) is 2.27. The maximum atomic E-state index is 6.45. The Bertz CT molecular complexity index is 413. The van der Waals surface area contributed by atoms with Crippen LogP contribution in [0, 0.1) is 19.3 Å². The van der Waals surface area contributed by atoms with Gasteiger partial charge in [0.1, 0.15) is 5.75 Å². The van der Waals surface area contributed by atoms with Gasteiger partial charge in [-0.1, -0.05) is 19.9 Å². The predicted molar refractivity (Wildman–Crippen MR) is 76.8 cm³/mol. The summed E-state index contributed by atoms with van der Waals surface area (Å²) in [5.74, 6) is 0.880. The van der Waals surface area contributed by atoms with Gasteiger partial charge in [-0.15, -0.1) is 0 Å². The van der Waals surface area contributed by atoms with Gasteiger partial charge < -0.3 is 16.2 Å². The molecule has 0 aliphatic carbocycles. The first-order chi connectivity index (χ1) is 8.33. The number of methoxy groups -OCH3 is 1. The minimum absolute atomic E-state index is 0.0396. The molecule has 0 spiro atoms. The molecule has 102 valence electrons. The molecular weight excluding hydrogens is 224 g/mol. The number of hydrogen-bond acceptors (Lipinski definition) is 3. The van der Waals surface area contributed by atoms with Crippen molar-refractivity contribution in [3.05, 3.63) is 28.8 Å². The summed E-state index contributed by atoms with van der Waals surface area (Å²) in [5.41, 5.74) is 15.6. The van der Waals surface area contributed by atoms with Crippen molar-refractivity contribution in [1.29, 1.82) is 0 Å². The maximum Gasteiger partial charge on any atom is 0.124 e. The molecule has 0 radical (unpaired) electrons. The molecule has 0 fully saturated rings. The highest BCUT2D eigenvalue weighted by atomic mass is 16.5. The second-order valence-electron chi connectivity index (χ2n) is 5.70. The van der Waals surface area contributed by atoms with Crippen LogP contribution in [0.2, 0.25) is 0 Å². The van der Waals surface area contributed by atoms with E-state index >= 15 is 0 Å². The van der Waals surface area contributed by atoms with Crippen molar-refractivity contribution in [3.63, 3.8) is 0 Å². The molecule has 0 aromatic heterocycles. The van der Waals surface area contributed by atoms with Crippen molar-refractivity contribution < 1.29 is 4.74 Å². The minimum Gasteiger partial charge on any atom is -0.496 e. The van der Waals surface area contributed by atoms with Gasteiger partial charge in [0.25, 0.3) is 0 Å². The fraction of sp³-hybridized carbons (Fsp3) is 0.600. The third-order valence-corrected chi connectivity index (χ3v) is 3.65. The van der Waals surface area contributed by atoms with E-state index < -0.39 is 0 Å². The lowest BCUT2D eigenvalue weighted by Gasteiger charge is -2.33. The molecule has 0 aliphatic rings. The van der Waals surface area contributed by atoms with E-state index in [-0.39, 0.29) is 11.5 Å². The molecule has 0 saturated heterocycles. The van der Waals surface area contributed by atoms with Gasteiger partial charge in [-0.05, 0) is 49.4 Å². The Hall–Kier alpha value is -1.06. The molecule has 3 heteroatoms. The van der Waals surface area contributed by atoms with E-state index in [1.165, 1.54) is 11.1 Å². The van der Waals surface area contributed by atoms with E-state index in [9.17, 15) is 0 Å². The maximum absolute atomic E-state index is 6.45. The average molecular weight is 250 g/mol. The first-order valence-electron chi connectivity index (χ1n) is 6.44. The van der Waals surface area contributed by atoms with Crippen LogP contribution in [-0.4, -0.2) is 13.7 Å². The third kappa shape index (κ3) is 3.03. The van der Waals surface area contributed by atoms with Gasteiger partial charge in [0.15, 0.2) is 0 Å². The fourth-order valence-electron chi connectivity index (χ4n) is 2.43. The van der Waals surface area contributed by atoms with E-state index in [2.05, 4.69) is 33.8 Å². The molecule has 4 N–H and O–H groups in total. The molecule has 0 aliphatic heterocycles. The summed E-state index contributed by atoms with van der Waals surface area (Å²) in [6, 6.07) is 4.12. The predicted octanol–water partition coefficient (Wildman–Crippen LogP) is 2.69. The molecule has 1 atom stereocenters. The van der Waals surface area contributed by atoms with Crippen molar-refractivity contribution >= 4 is 0 Å².